The molecule has 0 saturated heterocycles. The van der Waals surface area contributed by atoms with Crippen molar-refractivity contribution >= 4 is 23.6 Å². The number of aryl methyl sites for hydroxylation is 2. The maximum Gasteiger partial charge on any atom is 0.200 e. The van der Waals surface area contributed by atoms with Gasteiger partial charge in [0.15, 0.2) is 0 Å². The SMILES string of the molecule is Cc1ccc2c(c1)SC(=Cc1cn(CCC#N)nc1-c1ccncc1)C2=O. The van der Waals surface area contributed by atoms with E-state index in [2.05, 4.69) is 16.2 Å². The number of aromatic nitrogens is 3. The molecule has 2 aromatic heterocycles. The summed E-state index contributed by atoms with van der Waals surface area (Å²) in [5.41, 5.74) is 4.45. The van der Waals surface area contributed by atoms with Gasteiger partial charge in [-0.15, -0.1) is 0 Å². The third kappa shape index (κ3) is 3.42. The monoisotopic (exact) mass is 372 g/mol. The van der Waals surface area contributed by atoms with E-state index in [1.165, 1.54) is 11.8 Å². The minimum Gasteiger partial charge on any atom is -0.288 e. The fourth-order valence-electron chi connectivity index (χ4n) is 2.99. The molecule has 3 aromatic rings. The number of thioether (sulfide) groups is 1. The summed E-state index contributed by atoms with van der Waals surface area (Å²) in [6.07, 6.45) is 7.60. The molecule has 3 heterocycles. The third-order valence-electron chi connectivity index (χ3n) is 4.31. The highest BCUT2D eigenvalue weighted by atomic mass is 32.2. The second-order valence-corrected chi connectivity index (χ2v) is 7.36. The lowest BCUT2D eigenvalue weighted by Gasteiger charge is -1.99. The van der Waals surface area contributed by atoms with E-state index in [4.69, 9.17) is 5.26 Å². The van der Waals surface area contributed by atoms with Gasteiger partial charge in [-0.25, -0.2) is 0 Å². The van der Waals surface area contributed by atoms with Crippen LogP contribution in [0.5, 0.6) is 0 Å². The Morgan fingerprint density at radius 3 is 2.85 bits per heavy atom. The summed E-state index contributed by atoms with van der Waals surface area (Å²) in [7, 11) is 0. The molecule has 0 bridgehead atoms. The molecule has 0 aliphatic carbocycles. The lowest BCUT2D eigenvalue weighted by molar-refractivity contribution is 0.104. The number of benzene rings is 1. The Morgan fingerprint density at radius 1 is 1.26 bits per heavy atom. The zero-order valence-corrected chi connectivity index (χ0v) is 15.5. The highest BCUT2D eigenvalue weighted by Gasteiger charge is 2.26. The van der Waals surface area contributed by atoms with Crippen molar-refractivity contribution in [1.29, 1.82) is 5.26 Å². The highest BCUT2D eigenvalue weighted by Crippen LogP contribution is 2.41. The Labute approximate surface area is 161 Å². The number of allylic oxidation sites excluding steroid dienone is 1. The van der Waals surface area contributed by atoms with Gasteiger partial charge >= 0.3 is 0 Å². The van der Waals surface area contributed by atoms with Crippen molar-refractivity contribution in [3.05, 3.63) is 70.5 Å². The van der Waals surface area contributed by atoms with Crippen LogP contribution in [-0.4, -0.2) is 20.5 Å². The van der Waals surface area contributed by atoms with Crippen LogP contribution in [0.1, 0.15) is 27.9 Å². The number of Topliss-reactive ketones (excluding diaryl/α,β-unsaturated/α-hetero) is 1. The minimum atomic E-state index is 0.0421. The van der Waals surface area contributed by atoms with Gasteiger partial charge in [0.05, 0.1) is 29.6 Å². The van der Waals surface area contributed by atoms with Crippen LogP contribution in [0.4, 0.5) is 0 Å². The summed E-state index contributed by atoms with van der Waals surface area (Å²) in [6.45, 7) is 2.53. The first-order valence-corrected chi connectivity index (χ1v) is 9.37. The molecule has 1 aliphatic heterocycles. The van der Waals surface area contributed by atoms with Gasteiger partial charge in [0.1, 0.15) is 0 Å². The van der Waals surface area contributed by atoms with E-state index in [0.29, 0.717) is 17.9 Å². The molecule has 0 spiro atoms. The van der Waals surface area contributed by atoms with Gasteiger partial charge in [-0.05, 0) is 42.8 Å². The van der Waals surface area contributed by atoms with Crippen molar-refractivity contribution in [1.82, 2.24) is 14.8 Å². The topological polar surface area (TPSA) is 71.6 Å². The largest absolute Gasteiger partial charge is 0.288 e. The van der Waals surface area contributed by atoms with Crippen molar-refractivity contribution in [3.63, 3.8) is 0 Å². The average molecular weight is 372 g/mol. The second-order valence-electron chi connectivity index (χ2n) is 6.28. The molecule has 6 heteroatoms. The first kappa shape index (κ1) is 17.3. The Hall–Kier alpha value is -3.17. The van der Waals surface area contributed by atoms with Gasteiger partial charge in [0.2, 0.25) is 5.78 Å². The summed E-state index contributed by atoms with van der Waals surface area (Å²) in [5, 5.41) is 13.5. The Kier molecular flexibility index (Phi) is 4.61. The highest BCUT2D eigenvalue weighted by molar-refractivity contribution is 8.04. The molecule has 0 N–H and O–H groups in total. The van der Waals surface area contributed by atoms with Crippen LogP contribution in [0, 0.1) is 18.3 Å². The number of ketones is 1. The third-order valence-corrected chi connectivity index (χ3v) is 5.39. The van der Waals surface area contributed by atoms with Crippen molar-refractivity contribution < 1.29 is 4.79 Å². The summed E-state index contributed by atoms with van der Waals surface area (Å²) < 4.78 is 1.76. The molecule has 132 valence electrons. The van der Waals surface area contributed by atoms with Gasteiger partial charge in [0.25, 0.3) is 0 Å². The van der Waals surface area contributed by atoms with E-state index >= 15 is 0 Å². The van der Waals surface area contributed by atoms with Crippen LogP contribution in [0.15, 0.2) is 58.7 Å². The number of rotatable bonds is 4. The lowest BCUT2D eigenvalue weighted by atomic mass is 10.1. The second kappa shape index (κ2) is 7.22. The Morgan fingerprint density at radius 2 is 2.07 bits per heavy atom. The number of hydrogen-bond acceptors (Lipinski definition) is 5. The normalized spacial score (nSPS) is 14.4. The lowest BCUT2D eigenvalue weighted by Crippen LogP contribution is -1.97. The van der Waals surface area contributed by atoms with Crippen LogP contribution in [0.25, 0.3) is 17.3 Å². The van der Waals surface area contributed by atoms with Crippen LogP contribution >= 0.6 is 11.8 Å². The predicted octanol–water partition coefficient (Wildman–Crippen LogP) is 4.50. The molecule has 4 rings (SSSR count). The molecule has 0 saturated carbocycles. The van der Waals surface area contributed by atoms with E-state index < -0.39 is 0 Å². The van der Waals surface area contributed by atoms with E-state index in [0.717, 1.165) is 32.8 Å². The number of fused-ring (bicyclic) bond motifs is 1. The zero-order chi connectivity index (χ0) is 18.8. The smallest absolute Gasteiger partial charge is 0.200 e. The van der Waals surface area contributed by atoms with Gasteiger partial charge in [-0.1, -0.05) is 17.8 Å². The standard InChI is InChI=1S/C21H16N4OS/c1-14-3-4-17-18(11-14)27-19(21(17)26)12-16-13-25(10-2-7-22)24-20(16)15-5-8-23-9-6-15/h3-6,8-9,11-13H,2,10H2,1H3. The number of nitrogens with zero attached hydrogens (tertiary/aromatic N) is 4. The molecule has 0 radical (unpaired) electrons. The zero-order valence-electron chi connectivity index (χ0n) is 14.7. The minimum absolute atomic E-state index is 0.0421. The van der Waals surface area contributed by atoms with Crippen LogP contribution in [0.3, 0.4) is 0 Å². The first-order chi connectivity index (χ1) is 13.2. The van der Waals surface area contributed by atoms with E-state index in [1.807, 2.05) is 49.5 Å². The van der Waals surface area contributed by atoms with Gasteiger partial charge in [0, 0.05) is 40.2 Å². The van der Waals surface area contributed by atoms with E-state index in [-0.39, 0.29) is 5.78 Å². The van der Waals surface area contributed by atoms with Gasteiger partial charge in [-0.3, -0.25) is 14.5 Å². The van der Waals surface area contributed by atoms with Gasteiger partial charge in [-0.2, -0.15) is 10.4 Å². The molecule has 5 nitrogen and oxygen atoms in total. The fourth-order valence-corrected chi connectivity index (χ4v) is 4.13. The number of carbonyl (C=O) groups excluding carboxylic acids is 1. The molecule has 1 aliphatic rings. The maximum absolute atomic E-state index is 12.8. The molecular weight excluding hydrogens is 356 g/mol. The van der Waals surface area contributed by atoms with Crippen molar-refractivity contribution in [2.45, 2.75) is 24.8 Å². The van der Waals surface area contributed by atoms with Crippen molar-refractivity contribution in [2.75, 3.05) is 0 Å². The van der Waals surface area contributed by atoms with Crippen molar-refractivity contribution in [3.8, 4) is 17.3 Å². The van der Waals surface area contributed by atoms with Crippen LogP contribution in [-0.2, 0) is 6.54 Å². The molecule has 0 unspecified atom stereocenters. The molecule has 27 heavy (non-hydrogen) atoms. The Bertz CT molecular complexity index is 1090. The summed E-state index contributed by atoms with van der Waals surface area (Å²) >= 11 is 1.49. The quantitative estimate of drug-likeness (QED) is 0.631. The summed E-state index contributed by atoms with van der Waals surface area (Å²) in [5.74, 6) is 0.0421. The average Bonchev–Trinajstić information content (AvgIpc) is 3.22. The summed E-state index contributed by atoms with van der Waals surface area (Å²) in [4.78, 5) is 18.5. The fraction of sp³-hybridized carbons (Fsp3) is 0.143. The number of pyridine rings is 1. The van der Waals surface area contributed by atoms with Crippen molar-refractivity contribution in [2.24, 2.45) is 0 Å². The number of hydrogen-bond donors (Lipinski definition) is 0. The molecule has 0 fully saturated rings. The van der Waals surface area contributed by atoms with Gasteiger partial charge < -0.3 is 0 Å². The summed E-state index contributed by atoms with van der Waals surface area (Å²) in [6, 6.07) is 11.8. The molecule has 0 atom stereocenters. The molecular formula is C21H16N4OS. The Balaban J connectivity index is 1.75. The first-order valence-electron chi connectivity index (χ1n) is 8.55. The molecule has 0 amide bonds. The number of carbonyl (C=O) groups is 1. The van der Waals surface area contributed by atoms with Crippen LogP contribution < -0.4 is 0 Å². The number of nitriles is 1. The predicted molar refractivity (Wildman–Crippen MR) is 105 cm³/mol. The van der Waals surface area contributed by atoms with Crippen LogP contribution in [0.2, 0.25) is 0 Å². The van der Waals surface area contributed by atoms with E-state index in [9.17, 15) is 4.79 Å². The molecule has 1 aromatic carbocycles. The maximum atomic E-state index is 12.8. The van der Waals surface area contributed by atoms with E-state index in [1.54, 1.807) is 17.1 Å².